The van der Waals surface area contributed by atoms with E-state index in [4.69, 9.17) is 112 Å². The van der Waals surface area contributed by atoms with Crippen LogP contribution in [0, 0.1) is 0 Å². The molecule has 0 aliphatic heterocycles. The number of benzene rings is 8. The number of thiocarbonyl (C=S) groups is 5. The maximum Gasteiger partial charge on any atom is 2.00 e. The van der Waals surface area contributed by atoms with Crippen molar-refractivity contribution in [3.8, 4) is 0 Å². The van der Waals surface area contributed by atoms with Crippen molar-refractivity contribution < 1.29 is 39.0 Å². The second kappa shape index (κ2) is 58.1. The van der Waals surface area contributed by atoms with E-state index < -0.39 is 0 Å². The topological polar surface area (TPSA) is 16.2 Å². The number of hydrogen-bond acceptors (Lipinski definition) is 9. The van der Waals surface area contributed by atoms with Crippen molar-refractivity contribution in [3.63, 3.8) is 0 Å². The molecular formula is C82H101N5S10Zn2. The van der Waals surface area contributed by atoms with Gasteiger partial charge in [-0.1, -0.05) is 375 Å². The van der Waals surface area contributed by atoms with E-state index in [1.807, 2.05) is 165 Å². The number of thiol groups is 1. The molecule has 8 aromatic rings. The van der Waals surface area contributed by atoms with Gasteiger partial charge < -0.3 is 124 Å². The van der Waals surface area contributed by atoms with Crippen LogP contribution in [0.25, 0.3) is 0 Å². The maximum absolute atomic E-state index is 5.19. The largest absolute Gasteiger partial charge is 2.00 e. The average molecular weight is 1610 g/mol. The van der Waals surface area contributed by atoms with E-state index in [-0.39, 0.29) is 39.0 Å². The minimum absolute atomic E-state index is 0. The molecule has 0 aliphatic rings. The molecule has 8 rings (SSSR count). The summed E-state index contributed by atoms with van der Waals surface area (Å²) in [7, 11) is 0. The average Bonchev–Trinajstić information content (AvgIpc) is 1.10. The van der Waals surface area contributed by atoms with Gasteiger partial charge in [-0.05, 0) is 64.8 Å². The van der Waals surface area contributed by atoms with E-state index in [0.717, 1.165) is 63.2 Å². The zero-order valence-electron chi connectivity index (χ0n) is 58.6. The minimum Gasteiger partial charge on any atom is -0.411 e. The molecule has 0 spiro atoms. The Hall–Kier alpha value is -4.31. The summed E-state index contributed by atoms with van der Waals surface area (Å²) >= 11 is 50.8. The van der Waals surface area contributed by atoms with Crippen molar-refractivity contribution in [2.45, 2.75) is 182 Å². The molecule has 0 saturated heterocycles. The van der Waals surface area contributed by atoms with E-state index in [2.05, 4.69) is 135 Å². The van der Waals surface area contributed by atoms with Gasteiger partial charge >= 0.3 is 39.0 Å². The molecule has 0 aliphatic carbocycles. The summed E-state index contributed by atoms with van der Waals surface area (Å²) in [4.78, 5) is 10.4. The number of hydrogen-bond donors (Lipinski definition) is 1. The Morgan fingerprint density at radius 1 is 0.283 bits per heavy atom. The molecule has 17 heteroatoms. The van der Waals surface area contributed by atoms with Crippen LogP contribution < -0.4 is 0 Å². The molecule has 0 atom stereocenters. The summed E-state index contributed by atoms with van der Waals surface area (Å²) in [5.74, 6) is 0. The predicted molar refractivity (Wildman–Crippen MR) is 451 cm³/mol. The fourth-order valence-electron chi connectivity index (χ4n) is 10.6. The first-order valence-electron chi connectivity index (χ1n) is 34.3. The number of rotatable bonds is 34. The summed E-state index contributed by atoms with van der Waals surface area (Å²) in [6.07, 6.45) is 22.7. The maximum atomic E-state index is 5.19. The molecule has 0 radical (unpaired) electrons. The van der Waals surface area contributed by atoms with E-state index in [1.54, 1.807) is 0 Å². The van der Waals surface area contributed by atoms with Gasteiger partial charge in [0, 0.05) is 64.9 Å². The zero-order chi connectivity index (χ0) is 69.9. The van der Waals surface area contributed by atoms with Gasteiger partial charge in [-0.2, -0.15) is 0 Å². The molecule has 0 heterocycles. The van der Waals surface area contributed by atoms with Crippen LogP contribution in [-0.4, -0.2) is 58.7 Å². The van der Waals surface area contributed by atoms with Gasteiger partial charge in [-0.3, -0.25) is 0 Å². The van der Waals surface area contributed by atoms with Gasteiger partial charge in [0.2, 0.25) is 0 Å². The molecule has 5 nitrogen and oxygen atoms in total. The van der Waals surface area contributed by atoms with Gasteiger partial charge in [-0.25, -0.2) is 0 Å². The van der Waals surface area contributed by atoms with Crippen LogP contribution in [0.15, 0.2) is 243 Å². The fourth-order valence-corrected chi connectivity index (χ4v) is 12.2. The van der Waals surface area contributed by atoms with Crippen LogP contribution in [0.4, 0.5) is 0 Å². The van der Waals surface area contributed by atoms with E-state index in [0.29, 0.717) is 23.3 Å². The van der Waals surface area contributed by atoms with Gasteiger partial charge in [0.15, 0.2) is 0 Å². The number of unbranched alkanes of at least 4 members (excludes halogenated alkanes) is 15. The molecule has 0 unspecified atom stereocenters. The molecule has 0 fully saturated rings. The summed E-state index contributed by atoms with van der Waals surface area (Å²) < 4.78 is 2.81. The van der Waals surface area contributed by atoms with Crippen LogP contribution in [-0.2, 0) is 142 Å². The molecule has 0 bridgehead atoms. The van der Waals surface area contributed by atoms with Crippen molar-refractivity contribution in [1.82, 2.24) is 24.5 Å². The Labute approximate surface area is 677 Å². The minimum atomic E-state index is 0. The molecule has 8 aromatic carbocycles. The second-order valence-electron chi connectivity index (χ2n) is 24.2. The Bertz CT molecular complexity index is 2760. The first-order valence-corrected chi connectivity index (χ1v) is 38.4. The summed E-state index contributed by atoms with van der Waals surface area (Å²) in [6, 6.07) is 82.5. The van der Waals surface area contributed by atoms with Crippen LogP contribution in [0.5, 0.6) is 0 Å². The second-order valence-corrected chi connectivity index (χ2v) is 29.5. The van der Waals surface area contributed by atoms with Crippen LogP contribution in [0.3, 0.4) is 0 Å². The molecule has 518 valence electrons. The molecule has 0 saturated carbocycles. The van der Waals surface area contributed by atoms with E-state index in [9.17, 15) is 0 Å². The van der Waals surface area contributed by atoms with Gasteiger partial charge in [0.25, 0.3) is 0 Å². The Morgan fingerprint density at radius 3 is 0.566 bits per heavy atom. The Morgan fingerprint density at radius 2 is 0.434 bits per heavy atom. The van der Waals surface area contributed by atoms with Crippen molar-refractivity contribution in [2.75, 3.05) is 6.54 Å². The third kappa shape index (κ3) is 44.1. The zero-order valence-corrected chi connectivity index (χ0v) is 72.8. The first kappa shape index (κ1) is 90.8. The van der Waals surface area contributed by atoms with Gasteiger partial charge in [0.1, 0.15) is 4.32 Å². The quantitative estimate of drug-likeness (QED) is 0.0136. The summed E-state index contributed by atoms with van der Waals surface area (Å²) in [5.41, 5.74) is 9.78. The van der Waals surface area contributed by atoms with E-state index in [1.165, 1.54) is 147 Å². The van der Waals surface area contributed by atoms with Crippen molar-refractivity contribution in [3.05, 3.63) is 287 Å². The normalized spacial score (nSPS) is 10.1. The van der Waals surface area contributed by atoms with E-state index >= 15 is 0 Å². The first-order chi connectivity index (χ1) is 47.1. The molecular weight excluding hydrogens is 1510 g/mol. The van der Waals surface area contributed by atoms with Crippen molar-refractivity contribution in [2.24, 2.45) is 0 Å². The van der Waals surface area contributed by atoms with Crippen molar-refractivity contribution in [1.29, 1.82) is 0 Å². The van der Waals surface area contributed by atoms with Gasteiger partial charge in [0.05, 0.1) is 0 Å². The molecule has 0 N–H and O–H groups in total. The third-order valence-corrected chi connectivity index (χ3v) is 18.4. The molecule has 0 aromatic heterocycles. The monoisotopic (exact) mass is 1600 g/mol. The van der Waals surface area contributed by atoms with Crippen LogP contribution >= 0.6 is 73.7 Å². The van der Waals surface area contributed by atoms with Crippen LogP contribution in [0.1, 0.15) is 168 Å². The molecule has 99 heavy (non-hydrogen) atoms. The third-order valence-electron chi connectivity index (χ3n) is 15.9. The van der Waals surface area contributed by atoms with Gasteiger partial charge in [-0.15, -0.1) is 12.6 Å². The number of nitrogens with zero attached hydrogens (tertiary/aromatic N) is 5. The SMILES string of the molecule is CCCCCCCCCCCCCCCCCCN(C(=S)S)C(C)C.S=C([S-])N(Cc1ccccc1)Cc1ccccc1.S=C([S-])N(Cc1ccccc1)Cc1ccccc1.S=C([S-])N(Cc1ccccc1)Cc1ccccc1.S=C([S-])N(Cc1ccccc1)Cc1ccccc1.[Zn+2].[Zn+2]. The fraction of sp³-hybridized carbons (Fsp3) is 0.354. The standard InChI is InChI=1S/C22H45NS2.4C15H15NS2.2Zn/c1-4-5-6-7-8-9-10-11-12-13-14-15-16-17-18-19-20-23(21(2)3)22(24)25;4*17-15(18)16(11-13-7-3-1-4-8-13)12-14-9-5-2-6-10-14;;/h21H,4-20H2,1-3H3,(H,24,25);4*1-10H,11-12H2,(H,17,18);;/q;;;;;2*+2/p-4. The summed E-state index contributed by atoms with van der Waals surface area (Å²) in [5, 5.41) is 0. The Kier molecular flexibility index (Phi) is 53.3. The predicted octanol–water partition coefficient (Wildman–Crippen LogP) is 22.3. The summed E-state index contributed by atoms with van der Waals surface area (Å²) in [6.45, 7) is 13.8. The van der Waals surface area contributed by atoms with Crippen LogP contribution in [0.2, 0.25) is 0 Å². The Balaban J connectivity index is 0.000000421. The smallest absolute Gasteiger partial charge is 0.411 e. The van der Waals surface area contributed by atoms with Crippen molar-refractivity contribution >= 4 is 146 Å². The molecule has 0 amide bonds.